The Labute approximate surface area is 179 Å². The van der Waals surface area contributed by atoms with Crippen LogP contribution >= 0.6 is 0 Å². The largest absolute Gasteiger partial charge is 0.363 e. The van der Waals surface area contributed by atoms with Gasteiger partial charge in [0.2, 0.25) is 0 Å². The van der Waals surface area contributed by atoms with E-state index in [4.69, 9.17) is 0 Å². The summed E-state index contributed by atoms with van der Waals surface area (Å²) < 4.78 is 0. The van der Waals surface area contributed by atoms with Crippen molar-refractivity contribution in [2.24, 2.45) is 0 Å². The van der Waals surface area contributed by atoms with Crippen LogP contribution in [-0.2, 0) is 25.9 Å². The van der Waals surface area contributed by atoms with Gasteiger partial charge in [-0.2, -0.15) is 0 Å². The fourth-order valence-corrected chi connectivity index (χ4v) is 4.51. The summed E-state index contributed by atoms with van der Waals surface area (Å²) >= 11 is 0. The van der Waals surface area contributed by atoms with Crippen LogP contribution in [-0.4, -0.2) is 0 Å². The van der Waals surface area contributed by atoms with E-state index >= 15 is 0 Å². The normalized spacial score (nSPS) is 11.8. The van der Waals surface area contributed by atoms with Crippen molar-refractivity contribution in [1.29, 1.82) is 0 Å². The topological polar surface area (TPSA) is 3.24 Å². The molecule has 0 bridgehead atoms. The third-order valence-corrected chi connectivity index (χ3v) is 6.14. The van der Waals surface area contributed by atoms with Crippen LogP contribution in [0.25, 0.3) is 11.1 Å². The molecule has 0 unspecified atom stereocenters. The Morgan fingerprint density at radius 3 is 1.77 bits per heavy atom. The molecule has 0 spiro atoms. The first-order valence-corrected chi connectivity index (χ1v) is 10.9. The minimum atomic E-state index is 0.904. The molecule has 0 saturated heterocycles. The van der Waals surface area contributed by atoms with Crippen molar-refractivity contribution in [1.82, 2.24) is 0 Å². The van der Waals surface area contributed by atoms with Crippen LogP contribution in [0.15, 0.2) is 97.1 Å². The number of fused-ring (bicyclic) bond motifs is 3. The highest BCUT2D eigenvalue weighted by molar-refractivity contribution is 5.79. The molecular formula is C29H27N. The van der Waals surface area contributed by atoms with Crippen molar-refractivity contribution in [3.63, 3.8) is 0 Å². The summed E-state index contributed by atoms with van der Waals surface area (Å²) in [5, 5.41) is 0. The third-order valence-electron chi connectivity index (χ3n) is 6.14. The van der Waals surface area contributed by atoms with Crippen molar-refractivity contribution in [3.05, 3.63) is 125 Å². The predicted octanol–water partition coefficient (Wildman–Crippen LogP) is 7.03. The molecule has 0 fully saturated rings. The van der Waals surface area contributed by atoms with E-state index in [0.717, 1.165) is 25.9 Å². The van der Waals surface area contributed by atoms with Crippen LogP contribution in [0.3, 0.4) is 0 Å². The van der Waals surface area contributed by atoms with Gasteiger partial charge in [0, 0.05) is 18.8 Å². The second-order valence-corrected chi connectivity index (χ2v) is 8.19. The number of hydrogen-bond donors (Lipinski definition) is 0. The number of nitrogens with zero attached hydrogens (tertiary/aromatic N) is 1. The summed E-state index contributed by atoms with van der Waals surface area (Å²) in [5.74, 6) is 0. The minimum absolute atomic E-state index is 0.904. The molecule has 0 aliphatic heterocycles. The summed E-state index contributed by atoms with van der Waals surface area (Å²) in [4.78, 5) is 2.49. The zero-order valence-electron chi connectivity index (χ0n) is 17.5. The summed E-state index contributed by atoms with van der Waals surface area (Å²) in [7, 11) is 0. The van der Waals surface area contributed by atoms with Crippen LogP contribution in [0.4, 0.5) is 5.69 Å². The molecule has 0 aromatic heterocycles. The fraction of sp³-hybridized carbons (Fsp3) is 0.172. The van der Waals surface area contributed by atoms with Gasteiger partial charge in [-0.05, 0) is 63.9 Å². The Bertz CT molecular complexity index is 1100. The van der Waals surface area contributed by atoms with Crippen LogP contribution < -0.4 is 4.90 Å². The molecule has 0 N–H and O–H groups in total. The van der Waals surface area contributed by atoms with Crippen molar-refractivity contribution in [2.45, 2.75) is 32.9 Å². The molecule has 0 amide bonds. The van der Waals surface area contributed by atoms with Gasteiger partial charge in [0.25, 0.3) is 0 Å². The lowest BCUT2D eigenvalue weighted by Gasteiger charge is -2.26. The highest BCUT2D eigenvalue weighted by Crippen LogP contribution is 2.39. The van der Waals surface area contributed by atoms with Crippen molar-refractivity contribution in [2.75, 3.05) is 4.90 Å². The lowest BCUT2D eigenvalue weighted by Crippen LogP contribution is -2.22. The molecule has 1 aliphatic carbocycles. The first-order chi connectivity index (χ1) is 14.8. The Morgan fingerprint density at radius 2 is 1.17 bits per heavy atom. The van der Waals surface area contributed by atoms with Gasteiger partial charge < -0.3 is 4.90 Å². The molecule has 1 aliphatic rings. The molecule has 0 saturated carbocycles. The molecule has 0 radical (unpaired) electrons. The number of hydrogen-bond acceptors (Lipinski definition) is 1. The van der Waals surface area contributed by atoms with Gasteiger partial charge >= 0.3 is 0 Å². The predicted molar refractivity (Wildman–Crippen MR) is 127 cm³/mol. The molecular weight excluding hydrogens is 362 g/mol. The van der Waals surface area contributed by atoms with E-state index in [1.54, 1.807) is 0 Å². The highest BCUT2D eigenvalue weighted by Gasteiger charge is 2.20. The summed E-state index contributed by atoms with van der Waals surface area (Å²) in [5.41, 5.74) is 11.1. The SMILES string of the molecule is CCc1ccc2c(c1)Cc1cc(N(Cc3ccccc3)Cc3ccccc3)ccc1-2. The van der Waals surface area contributed by atoms with E-state index < -0.39 is 0 Å². The molecule has 30 heavy (non-hydrogen) atoms. The second-order valence-electron chi connectivity index (χ2n) is 8.19. The maximum absolute atomic E-state index is 2.49. The number of rotatable bonds is 6. The van der Waals surface area contributed by atoms with Crippen LogP contribution in [0.2, 0.25) is 0 Å². The van der Waals surface area contributed by atoms with E-state index in [0.29, 0.717) is 0 Å². The van der Waals surface area contributed by atoms with Gasteiger partial charge in [0.15, 0.2) is 0 Å². The van der Waals surface area contributed by atoms with Gasteiger partial charge in [0.1, 0.15) is 0 Å². The Morgan fingerprint density at radius 1 is 0.600 bits per heavy atom. The van der Waals surface area contributed by atoms with Gasteiger partial charge in [-0.1, -0.05) is 91.9 Å². The van der Waals surface area contributed by atoms with E-state index in [1.807, 2.05) is 0 Å². The van der Waals surface area contributed by atoms with E-state index in [-0.39, 0.29) is 0 Å². The van der Waals surface area contributed by atoms with Gasteiger partial charge in [-0.15, -0.1) is 0 Å². The Hall–Kier alpha value is -3.32. The first-order valence-electron chi connectivity index (χ1n) is 10.9. The molecule has 148 valence electrons. The van der Waals surface area contributed by atoms with E-state index in [1.165, 1.54) is 44.6 Å². The molecule has 4 aromatic carbocycles. The average Bonchev–Trinajstić information content (AvgIpc) is 3.17. The van der Waals surface area contributed by atoms with Crippen LogP contribution in [0.1, 0.15) is 34.7 Å². The lowest BCUT2D eigenvalue weighted by molar-refractivity contribution is 0.799. The van der Waals surface area contributed by atoms with E-state index in [2.05, 4.69) is 109 Å². The summed E-state index contributed by atoms with van der Waals surface area (Å²) in [6.07, 6.45) is 2.13. The Kier molecular flexibility index (Phi) is 5.11. The van der Waals surface area contributed by atoms with Crippen molar-refractivity contribution < 1.29 is 0 Å². The third kappa shape index (κ3) is 3.76. The molecule has 1 nitrogen and oxygen atoms in total. The number of anilines is 1. The average molecular weight is 390 g/mol. The van der Waals surface area contributed by atoms with Gasteiger partial charge in [0.05, 0.1) is 0 Å². The number of benzene rings is 4. The quantitative estimate of drug-likeness (QED) is 0.301. The first kappa shape index (κ1) is 18.7. The zero-order valence-corrected chi connectivity index (χ0v) is 17.5. The lowest BCUT2D eigenvalue weighted by atomic mass is 10.0. The smallest absolute Gasteiger partial charge is 0.0433 e. The zero-order chi connectivity index (χ0) is 20.3. The molecule has 0 atom stereocenters. The maximum Gasteiger partial charge on any atom is 0.0433 e. The molecule has 5 rings (SSSR count). The molecule has 0 heterocycles. The highest BCUT2D eigenvalue weighted by atomic mass is 15.1. The monoisotopic (exact) mass is 389 g/mol. The Balaban J connectivity index is 1.48. The fourth-order valence-electron chi connectivity index (χ4n) is 4.51. The second kappa shape index (κ2) is 8.20. The van der Waals surface area contributed by atoms with E-state index in [9.17, 15) is 0 Å². The molecule has 1 heteroatoms. The van der Waals surface area contributed by atoms with Crippen molar-refractivity contribution >= 4 is 5.69 Å². The van der Waals surface area contributed by atoms with Crippen molar-refractivity contribution in [3.8, 4) is 11.1 Å². The summed E-state index contributed by atoms with van der Waals surface area (Å²) in [6, 6.07) is 35.5. The van der Waals surface area contributed by atoms with Crippen LogP contribution in [0.5, 0.6) is 0 Å². The van der Waals surface area contributed by atoms with Gasteiger partial charge in [-0.25, -0.2) is 0 Å². The van der Waals surface area contributed by atoms with Gasteiger partial charge in [-0.3, -0.25) is 0 Å². The van der Waals surface area contributed by atoms with Crippen LogP contribution in [0, 0.1) is 0 Å². The number of aryl methyl sites for hydroxylation is 1. The molecule has 4 aromatic rings. The summed E-state index contributed by atoms with van der Waals surface area (Å²) in [6.45, 7) is 4.04. The standard InChI is InChI=1S/C29H27N/c1-2-22-13-15-28-25(17-22)18-26-19-27(14-16-29(26)28)30(20-23-9-5-3-6-10-23)21-24-11-7-4-8-12-24/h3-17,19H,2,18,20-21H2,1H3. The minimum Gasteiger partial charge on any atom is -0.363 e. The maximum atomic E-state index is 2.49.